The zero-order chi connectivity index (χ0) is 13.1. The van der Waals surface area contributed by atoms with E-state index in [4.69, 9.17) is 0 Å². The van der Waals surface area contributed by atoms with E-state index in [1.165, 1.54) is 24.0 Å². The van der Waals surface area contributed by atoms with Crippen LogP contribution in [0, 0.1) is 19.8 Å². The molecule has 2 rings (SSSR count). The van der Waals surface area contributed by atoms with Crippen molar-refractivity contribution >= 4 is 5.91 Å². The maximum absolute atomic E-state index is 12.5. The first kappa shape index (κ1) is 13.1. The summed E-state index contributed by atoms with van der Waals surface area (Å²) >= 11 is 0. The molecule has 0 heterocycles. The minimum absolute atomic E-state index is 0.201. The van der Waals surface area contributed by atoms with E-state index in [9.17, 15) is 4.79 Å². The Hall–Kier alpha value is -1.31. The molecule has 1 aliphatic carbocycles. The Bertz CT molecular complexity index is 435. The fourth-order valence-corrected chi connectivity index (χ4v) is 2.21. The van der Waals surface area contributed by atoms with Crippen LogP contribution in [0.5, 0.6) is 0 Å². The Morgan fingerprint density at radius 3 is 2.56 bits per heavy atom. The van der Waals surface area contributed by atoms with Crippen LogP contribution in [0.2, 0.25) is 0 Å². The van der Waals surface area contributed by atoms with Crippen LogP contribution in [-0.2, 0) is 0 Å². The first-order chi connectivity index (χ1) is 8.61. The van der Waals surface area contributed by atoms with Crippen molar-refractivity contribution in [2.24, 2.45) is 5.92 Å². The average molecular weight is 245 g/mol. The van der Waals surface area contributed by atoms with Crippen LogP contribution in [0.25, 0.3) is 0 Å². The van der Waals surface area contributed by atoms with Crippen molar-refractivity contribution in [3.05, 3.63) is 34.9 Å². The molecule has 0 unspecified atom stereocenters. The van der Waals surface area contributed by atoms with Crippen LogP contribution < -0.4 is 0 Å². The van der Waals surface area contributed by atoms with Crippen LogP contribution >= 0.6 is 0 Å². The predicted octanol–water partition coefficient (Wildman–Crippen LogP) is 3.57. The van der Waals surface area contributed by atoms with Gasteiger partial charge in [0.25, 0.3) is 5.91 Å². The molecule has 0 N–H and O–H groups in total. The Morgan fingerprint density at radius 1 is 1.28 bits per heavy atom. The summed E-state index contributed by atoms with van der Waals surface area (Å²) < 4.78 is 0. The van der Waals surface area contributed by atoms with Crippen molar-refractivity contribution in [3.63, 3.8) is 0 Å². The maximum Gasteiger partial charge on any atom is 0.253 e. The van der Waals surface area contributed by atoms with Gasteiger partial charge in [-0.05, 0) is 62.3 Å². The second-order valence-corrected chi connectivity index (χ2v) is 5.49. The summed E-state index contributed by atoms with van der Waals surface area (Å²) in [7, 11) is 0. The van der Waals surface area contributed by atoms with Crippen molar-refractivity contribution < 1.29 is 4.79 Å². The number of amides is 1. The third-order valence-corrected chi connectivity index (χ3v) is 3.71. The second kappa shape index (κ2) is 5.55. The third kappa shape index (κ3) is 3.12. The van der Waals surface area contributed by atoms with Crippen LogP contribution in [0.15, 0.2) is 18.2 Å². The molecule has 1 saturated carbocycles. The molecule has 0 aliphatic heterocycles. The van der Waals surface area contributed by atoms with E-state index >= 15 is 0 Å². The molecule has 0 atom stereocenters. The van der Waals surface area contributed by atoms with Gasteiger partial charge in [0.2, 0.25) is 0 Å². The Balaban J connectivity index is 2.12. The fourth-order valence-electron chi connectivity index (χ4n) is 2.21. The number of rotatable bonds is 5. The molecule has 1 amide bonds. The predicted molar refractivity (Wildman–Crippen MR) is 74.8 cm³/mol. The van der Waals surface area contributed by atoms with E-state index in [1.807, 2.05) is 23.1 Å². The summed E-state index contributed by atoms with van der Waals surface area (Å²) in [6, 6.07) is 6.03. The molecule has 1 fully saturated rings. The first-order valence-corrected chi connectivity index (χ1v) is 6.98. The number of carbonyl (C=O) groups is 1. The van der Waals surface area contributed by atoms with Crippen molar-refractivity contribution in [1.29, 1.82) is 0 Å². The number of hydrogen-bond acceptors (Lipinski definition) is 1. The Kier molecular flexibility index (Phi) is 4.05. The van der Waals surface area contributed by atoms with Gasteiger partial charge in [0.1, 0.15) is 0 Å². The average Bonchev–Trinajstić information content (AvgIpc) is 3.15. The van der Waals surface area contributed by atoms with Gasteiger partial charge in [-0.2, -0.15) is 0 Å². The molecular formula is C16H23NO. The van der Waals surface area contributed by atoms with Gasteiger partial charge >= 0.3 is 0 Å². The summed E-state index contributed by atoms with van der Waals surface area (Å²) in [4.78, 5) is 14.5. The lowest BCUT2D eigenvalue weighted by Gasteiger charge is -2.22. The Morgan fingerprint density at radius 2 is 2.00 bits per heavy atom. The van der Waals surface area contributed by atoms with E-state index < -0.39 is 0 Å². The summed E-state index contributed by atoms with van der Waals surface area (Å²) in [5, 5.41) is 0. The van der Waals surface area contributed by atoms with Gasteiger partial charge in [-0.25, -0.2) is 0 Å². The molecule has 98 valence electrons. The highest BCUT2D eigenvalue weighted by atomic mass is 16.2. The van der Waals surface area contributed by atoms with Gasteiger partial charge < -0.3 is 4.90 Å². The van der Waals surface area contributed by atoms with Crippen molar-refractivity contribution in [2.75, 3.05) is 13.1 Å². The lowest BCUT2D eigenvalue weighted by molar-refractivity contribution is 0.0747. The molecule has 1 aromatic carbocycles. The molecule has 2 heteroatoms. The van der Waals surface area contributed by atoms with E-state index in [1.54, 1.807) is 0 Å². The molecule has 0 bridgehead atoms. The topological polar surface area (TPSA) is 20.3 Å². The fraction of sp³-hybridized carbons (Fsp3) is 0.562. The van der Waals surface area contributed by atoms with Gasteiger partial charge in [0.15, 0.2) is 0 Å². The maximum atomic E-state index is 12.5. The summed E-state index contributed by atoms with van der Waals surface area (Å²) in [5.41, 5.74) is 3.28. The molecular weight excluding hydrogens is 222 g/mol. The second-order valence-electron chi connectivity index (χ2n) is 5.49. The number of aryl methyl sites for hydroxylation is 2. The lowest BCUT2D eigenvalue weighted by Crippen LogP contribution is -2.33. The van der Waals surface area contributed by atoms with E-state index in [0.717, 1.165) is 31.0 Å². The molecule has 1 aromatic rings. The normalized spacial score (nSPS) is 14.6. The summed E-state index contributed by atoms with van der Waals surface area (Å²) in [6.45, 7) is 8.10. The molecule has 0 spiro atoms. The molecule has 0 saturated heterocycles. The number of nitrogens with zero attached hydrogens (tertiary/aromatic N) is 1. The highest BCUT2D eigenvalue weighted by molar-refractivity contribution is 5.94. The van der Waals surface area contributed by atoms with Crippen LogP contribution in [-0.4, -0.2) is 23.9 Å². The molecule has 18 heavy (non-hydrogen) atoms. The number of hydrogen-bond donors (Lipinski definition) is 0. The van der Waals surface area contributed by atoms with Crippen LogP contribution in [0.3, 0.4) is 0 Å². The minimum Gasteiger partial charge on any atom is -0.338 e. The smallest absolute Gasteiger partial charge is 0.253 e. The third-order valence-electron chi connectivity index (χ3n) is 3.71. The van der Waals surface area contributed by atoms with Gasteiger partial charge in [-0.1, -0.05) is 13.0 Å². The monoisotopic (exact) mass is 245 g/mol. The van der Waals surface area contributed by atoms with Crippen LogP contribution in [0.1, 0.15) is 47.7 Å². The minimum atomic E-state index is 0.201. The van der Waals surface area contributed by atoms with Gasteiger partial charge in [-0.3, -0.25) is 4.79 Å². The van der Waals surface area contributed by atoms with Crippen molar-refractivity contribution in [2.45, 2.75) is 40.0 Å². The quantitative estimate of drug-likeness (QED) is 0.776. The van der Waals surface area contributed by atoms with E-state index in [0.29, 0.717) is 0 Å². The first-order valence-electron chi connectivity index (χ1n) is 6.98. The summed E-state index contributed by atoms with van der Waals surface area (Å²) in [5.74, 6) is 0.957. The van der Waals surface area contributed by atoms with Crippen molar-refractivity contribution in [3.8, 4) is 0 Å². The number of carbonyl (C=O) groups excluding carboxylic acids is 1. The molecule has 0 radical (unpaired) electrons. The zero-order valence-electron chi connectivity index (χ0n) is 11.7. The standard InChI is InChI=1S/C16H23NO/c1-4-9-17(11-14-6-7-14)16(18)15-8-5-12(2)13(3)10-15/h5,8,10,14H,4,6-7,9,11H2,1-3H3. The Labute approximate surface area is 110 Å². The highest BCUT2D eigenvalue weighted by Gasteiger charge is 2.26. The SMILES string of the molecule is CCCN(CC1CC1)C(=O)c1ccc(C)c(C)c1. The van der Waals surface area contributed by atoms with Gasteiger partial charge in [-0.15, -0.1) is 0 Å². The van der Waals surface area contributed by atoms with Crippen LogP contribution in [0.4, 0.5) is 0 Å². The number of benzene rings is 1. The highest BCUT2D eigenvalue weighted by Crippen LogP contribution is 2.30. The molecule has 0 aromatic heterocycles. The molecule has 2 nitrogen and oxygen atoms in total. The zero-order valence-corrected chi connectivity index (χ0v) is 11.7. The lowest BCUT2D eigenvalue weighted by atomic mass is 10.1. The molecule has 1 aliphatic rings. The largest absolute Gasteiger partial charge is 0.338 e. The van der Waals surface area contributed by atoms with Gasteiger partial charge in [0, 0.05) is 18.7 Å². The van der Waals surface area contributed by atoms with Crippen molar-refractivity contribution in [1.82, 2.24) is 4.90 Å². The summed E-state index contributed by atoms with van der Waals surface area (Å²) in [6.07, 6.45) is 3.62. The van der Waals surface area contributed by atoms with E-state index in [2.05, 4.69) is 20.8 Å². The van der Waals surface area contributed by atoms with E-state index in [-0.39, 0.29) is 5.91 Å². The van der Waals surface area contributed by atoms with Gasteiger partial charge in [0.05, 0.1) is 0 Å².